The van der Waals surface area contributed by atoms with Gasteiger partial charge in [0.2, 0.25) is 5.91 Å². The lowest BCUT2D eigenvalue weighted by Gasteiger charge is -2.12. The molecule has 0 atom stereocenters. The van der Waals surface area contributed by atoms with Crippen LogP contribution in [0.5, 0.6) is 0 Å². The first kappa shape index (κ1) is 19.8. The van der Waals surface area contributed by atoms with Gasteiger partial charge in [-0.2, -0.15) is 0 Å². The molecule has 28 heavy (non-hydrogen) atoms. The lowest BCUT2D eigenvalue weighted by atomic mass is 9.98. The van der Waals surface area contributed by atoms with Crippen molar-refractivity contribution in [3.8, 4) is 11.1 Å². The minimum absolute atomic E-state index is 0.0263. The quantitative estimate of drug-likeness (QED) is 0.532. The Balaban J connectivity index is 1.61. The number of carbonyl (C=O) groups excluding carboxylic acids is 1. The van der Waals surface area contributed by atoms with Gasteiger partial charge in [0, 0.05) is 39.1 Å². The van der Waals surface area contributed by atoms with Crippen molar-refractivity contribution in [3.63, 3.8) is 0 Å². The highest BCUT2D eigenvalue weighted by molar-refractivity contribution is 5.78. The Morgan fingerprint density at radius 2 is 1.96 bits per heavy atom. The van der Waals surface area contributed by atoms with Gasteiger partial charge in [-0.15, -0.1) is 0 Å². The molecule has 1 aromatic heterocycles. The molecule has 0 saturated carbocycles. The van der Waals surface area contributed by atoms with Crippen LogP contribution in [0.3, 0.4) is 0 Å². The van der Waals surface area contributed by atoms with E-state index in [2.05, 4.69) is 45.9 Å². The summed E-state index contributed by atoms with van der Waals surface area (Å²) in [4.78, 5) is 16.1. The predicted molar refractivity (Wildman–Crippen MR) is 110 cm³/mol. The molecule has 0 bridgehead atoms. The van der Waals surface area contributed by atoms with E-state index in [1.165, 1.54) is 5.56 Å². The molecule has 6 heteroatoms. The standard InChI is InChI=1S/C22H26N4O2/c1-28-13-11-23-15-22(27)25-14-20-4-2-3-5-21(20)19-8-6-18(7-9-19)16-26-12-10-24-17-26/h2-10,12,17,23H,11,13-16H2,1H3,(H,25,27). The predicted octanol–water partition coefficient (Wildman–Crippen LogP) is 2.45. The van der Waals surface area contributed by atoms with Crippen LogP contribution in [0, 0.1) is 0 Å². The number of ether oxygens (including phenoxy) is 1. The molecule has 2 aromatic carbocycles. The Kier molecular flexibility index (Phi) is 7.35. The van der Waals surface area contributed by atoms with Gasteiger partial charge in [-0.05, 0) is 22.3 Å². The lowest BCUT2D eigenvalue weighted by Crippen LogP contribution is -2.34. The second kappa shape index (κ2) is 10.4. The van der Waals surface area contributed by atoms with Crippen molar-refractivity contribution in [3.05, 3.63) is 78.4 Å². The van der Waals surface area contributed by atoms with Gasteiger partial charge in [0.15, 0.2) is 0 Å². The van der Waals surface area contributed by atoms with Crippen LogP contribution in [0.15, 0.2) is 67.3 Å². The summed E-state index contributed by atoms with van der Waals surface area (Å²) < 4.78 is 7.00. The number of nitrogens with one attached hydrogen (secondary N) is 2. The molecule has 2 N–H and O–H groups in total. The minimum Gasteiger partial charge on any atom is -0.383 e. The highest BCUT2D eigenvalue weighted by atomic mass is 16.5. The topological polar surface area (TPSA) is 68.2 Å². The van der Waals surface area contributed by atoms with Crippen LogP contribution < -0.4 is 10.6 Å². The number of hydrogen-bond acceptors (Lipinski definition) is 4. The van der Waals surface area contributed by atoms with Crippen LogP contribution in [-0.2, 0) is 22.6 Å². The van der Waals surface area contributed by atoms with E-state index in [4.69, 9.17) is 4.74 Å². The van der Waals surface area contributed by atoms with E-state index < -0.39 is 0 Å². The summed E-state index contributed by atoms with van der Waals surface area (Å²) in [6.45, 7) is 2.83. The van der Waals surface area contributed by atoms with Crippen LogP contribution in [0.2, 0.25) is 0 Å². The maximum Gasteiger partial charge on any atom is 0.234 e. The molecule has 146 valence electrons. The summed E-state index contributed by atoms with van der Waals surface area (Å²) in [6.07, 6.45) is 5.55. The fourth-order valence-electron chi connectivity index (χ4n) is 2.97. The fraction of sp³-hybridized carbons (Fsp3) is 0.273. The summed E-state index contributed by atoms with van der Waals surface area (Å²) in [7, 11) is 1.64. The highest BCUT2D eigenvalue weighted by Gasteiger charge is 2.07. The molecule has 3 aromatic rings. The largest absolute Gasteiger partial charge is 0.383 e. The smallest absolute Gasteiger partial charge is 0.234 e. The van der Waals surface area contributed by atoms with E-state index in [0.717, 1.165) is 23.2 Å². The van der Waals surface area contributed by atoms with Gasteiger partial charge in [-0.25, -0.2) is 4.98 Å². The van der Waals surface area contributed by atoms with E-state index in [-0.39, 0.29) is 12.5 Å². The minimum atomic E-state index is -0.0263. The zero-order chi connectivity index (χ0) is 19.6. The number of aromatic nitrogens is 2. The second-order valence-corrected chi connectivity index (χ2v) is 6.54. The van der Waals surface area contributed by atoms with Crippen LogP contribution in [0.1, 0.15) is 11.1 Å². The van der Waals surface area contributed by atoms with Crippen LogP contribution in [0.25, 0.3) is 11.1 Å². The number of hydrogen-bond donors (Lipinski definition) is 2. The first-order valence-corrected chi connectivity index (χ1v) is 9.35. The van der Waals surface area contributed by atoms with Gasteiger partial charge < -0.3 is 19.9 Å². The molecule has 0 saturated heterocycles. The summed E-state index contributed by atoms with van der Waals surface area (Å²) in [5.41, 5.74) is 4.58. The van der Waals surface area contributed by atoms with E-state index >= 15 is 0 Å². The average Bonchev–Trinajstić information content (AvgIpc) is 3.24. The zero-order valence-electron chi connectivity index (χ0n) is 16.1. The molecular formula is C22H26N4O2. The molecule has 1 heterocycles. The lowest BCUT2D eigenvalue weighted by molar-refractivity contribution is -0.120. The fourth-order valence-corrected chi connectivity index (χ4v) is 2.97. The Morgan fingerprint density at radius 3 is 2.71 bits per heavy atom. The monoisotopic (exact) mass is 378 g/mol. The maximum absolute atomic E-state index is 12.0. The van der Waals surface area contributed by atoms with E-state index in [0.29, 0.717) is 19.7 Å². The molecule has 6 nitrogen and oxygen atoms in total. The van der Waals surface area contributed by atoms with Crippen molar-refractivity contribution in [1.82, 2.24) is 20.2 Å². The van der Waals surface area contributed by atoms with E-state index in [1.54, 1.807) is 13.3 Å². The van der Waals surface area contributed by atoms with E-state index in [9.17, 15) is 4.79 Å². The number of amides is 1. The Labute approximate surface area is 165 Å². The van der Waals surface area contributed by atoms with Crippen molar-refractivity contribution in [1.29, 1.82) is 0 Å². The van der Waals surface area contributed by atoms with Crippen molar-refractivity contribution in [2.45, 2.75) is 13.1 Å². The molecule has 0 aliphatic heterocycles. The van der Waals surface area contributed by atoms with Gasteiger partial charge >= 0.3 is 0 Å². The molecule has 0 spiro atoms. The summed E-state index contributed by atoms with van der Waals surface area (Å²) in [6, 6.07) is 16.7. The maximum atomic E-state index is 12.0. The SMILES string of the molecule is COCCNCC(=O)NCc1ccccc1-c1ccc(Cn2ccnc2)cc1. The average molecular weight is 378 g/mol. The van der Waals surface area contributed by atoms with Crippen LogP contribution in [0.4, 0.5) is 0 Å². The molecule has 3 rings (SSSR count). The van der Waals surface area contributed by atoms with Crippen LogP contribution in [-0.4, -0.2) is 42.3 Å². The summed E-state index contributed by atoms with van der Waals surface area (Å²) >= 11 is 0. The second-order valence-electron chi connectivity index (χ2n) is 6.54. The summed E-state index contributed by atoms with van der Waals surface area (Å²) in [5, 5.41) is 6.02. The molecule has 0 radical (unpaired) electrons. The number of carbonyl (C=O) groups is 1. The third-order valence-corrected chi connectivity index (χ3v) is 4.45. The Hall–Kier alpha value is -2.96. The highest BCUT2D eigenvalue weighted by Crippen LogP contribution is 2.24. The molecular weight excluding hydrogens is 352 g/mol. The number of nitrogens with zero attached hydrogens (tertiary/aromatic N) is 2. The van der Waals surface area contributed by atoms with Crippen LogP contribution >= 0.6 is 0 Å². The number of methoxy groups -OCH3 is 1. The number of benzene rings is 2. The molecule has 0 unspecified atom stereocenters. The van der Waals surface area contributed by atoms with Gasteiger partial charge in [0.1, 0.15) is 0 Å². The van der Waals surface area contributed by atoms with Crippen molar-refractivity contribution >= 4 is 5.91 Å². The zero-order valence-corrected chi connectivity index (χ0v) is 16.1. The first-order valence-electron chi connectivity index (χ1n) is 9.35. The number of rotatable bonds is 10. The van der Waals surface area contributed by atoms with Crippen molar-refractivity contribution in [2.75, 3.05) is 26.8 Å². The first-order chi connectivity index (χ1) is 13.8. The Bertz CT molecular complexity index is 861. The molecule has 0 aliphatic carbocycles. The Morgan fingerprint density at radius 1 is 1.14 bits per heavy atom. The summed E-state index contributed by atoms with van der Waals surface area (Å²) in [5.74, 6) is -0.0263. The van der Waals surface area contributed by atoms with Gasteiger partial charge in [-0.3, -0.25) is 4.79 Å². The van der Waals surface area contributed by atoms with Crippen molar-refractivity contribution < 1.29 is 9.53 Å². The third kappa shape index (κ3) is 5.77. The van der Waals surface area contributed by atoms with Gasteiger partial charge in [0.05, 0.1) is 19.5 Å². The van der Waals surface area contributed by atoms with Gasteiger partial charge in [0.25, 0.3) is 0 Å². The normalized spacial score (nSPS) is 10.8. The van der Waals surface area contributed by atoms with Crippen molar-refractivity contribution in [2.24, 2.45) is 0 Å². The molecule has 0 fully saturated rings. The van der Waals surface area contributed by atoms with E-state index in [1.807, 2.05) is 35.3 Å². The van der Waals surface area contributed by atoms with Gasteiger partial charge in [-0.1, -0.05) is 48.5 Å². The number of imidazole rings is 1. The third-order valence-electron chi connectivity index (χ3n) is 4.45. The molecule has 1 amide bonds. The molecule has 0 aliphatic rings.